The first kappa shape index (κ1) is 18.1. The minimum Gasteiger partial charge on any atom is -0.457 e. The van der Waals surface area contributed by atoms with Crippen molar-refractivity contribution in [2.24, 2.45) is 11.3 Å². The zero-order chi connectivity index (χ0) is 19.0. The zero-order valence-electron chi connectivity index (χ0n) is 14.9. The van der Waals surface area contributed by atoms with Crippen LogP contribution in [-0.4, -0.2) is 10.1 Å². The number of ether oxygens (including phenoxy) is 1. The maximum atomic E-state index is 5.88. The third-order valence-corrected chi connectivity index (χ3v) is 5.25. The molecule has 2 unspecified atom stereocenters. The van der Waals surface area contributed by atoms with E-state index in [4.69, 9.17) is 32.5 Å². The summed E-state index contributed by atoms with van der Waals surface area (Å²) in [5, 5.41) is 4.15. The third-order valence-electron chi connectivity index (χ3n) is 5.00. The molecule has 4 nitrogen and oxygen atoms in total. The lowest BCUT2D eigenvalue weighted by molar-refractivity contribution is 0.368. The van der Waals surface area contributed by atoms with Gasteiger partial charge in [-0.2, -0.15) is 4.98 Å². The second-order valence-electron chi connectivity index (χ2n) is 7.18. The van der Waals surface area contributed by atoms with Gasteiger partial charge in [0, 0.05) is 5.56 Å². The van der Waals surface area contributed by atoms with Crippen LogP contribution in [0.5, 0.6) is 11.5 Å². The minimum absolute atomic E-state index is 0.0168. The van der Waals surface area contributed by atoms with Crippen molar-refractivity contribution < 1.29 is 9.26 Å². The van der Waals surface area contributed by atoms with Gasteiger partial charge < -0.3 is 9.26 Å². The molecule has 4 rings (SSSR count). The first-order valence-corrected chi connectivity index (χ1v) is 9.40. The average molecular weight is 401 g/mol. The molecule has 0 bridgehead atoms. The summed E-state index contributed by atoms with van der Waals surface area (Å²) in [6, 6.07) is 17.2. The Kier molecular flexibility index (Phi) is 4.70. The Morgan fingerprint density at radius 1 is 1.07 bits per heavy atom. The molecule has 0 amide bonds. The van der Waals surface area contributed by atoms with Crippen LogP contribution in [0.2, 0.25) is 0 Å². The van der Waals surface area contributed by atoms with Crippen LogP contribution in [0, 0.1) is 11.3 Å². The number of halogens is 2. The summed E-state index contributed by atoms with van der Waals surface area (Å²) >= 11 is 11.6. The number of aromatic nitrogens is 2. The van der Waals surface area contributed by atoms with Gasteiger partial charge in [-0.05, 0) is 41.7 Å². The first-order chi connectivity index (χ1) is 12.9. The minimum atomic E-state index is -0.0168. The predicted molar refractivity (Wildman–Crippen MR) is 106 cm³/mol. The molecule has 6 heteroatoms. The molecule has 0 aliphatic heterocycles. The van der Waals surface area contributed by atoms with Crippen LogP contribution in [-0.2, 0) is 0 Å². The molecule has 1 aromatic heterocycles. The summed E-state index contributed by atoms with van der Waals surface area (Å²) in [5.74, 6) is 2.91. The number of allylic oxidation sites excluding steroid dienone is 1. The van der Waals surface area contributed by atoms with Gasteiger partial charge in [-0.15, -0.1) is 0 Å². The molecule has 138 valence electrons. The standard InChI is InChI=1S/C21H18Cl2N2O2/c1-21(2)16(12-17(22)23)18(21)20-24-19(25-27-20)13-7-6-10-15(11-13)26-14-8-4-3-5-9-14/h3-12,16,18H,1-2H3. The highest BCUT2D eigenvalue weighted by Gasteiger charge is 2.60. The maximum absolute atomic E-state index is 5.88. The Labute approximate surface area is 167 Å². The quantitative estimate of drug-likeness (QED) is 0.484. The fourth-order valence-corrected chi connectivity index (χ4v) is 3.67. The summed E-state index contributed by atoms with van der Waals surface area (Å²) < 4.78 is 11.7. The normalized spacial score (nSPS) is 20.1. The molecule has 1 aliphatic carbocycles. The van der Waals surface area contributed by atoms with Gasteiger partial charge in [-0.25, -0.2) is 0 Å². The summed E-state index contributed by atoms with van der Waals surface area (Å²) in [5.41, 5.74) is 0.816. The maximum Gasteiger partial charge on any atom is 0.231 e. The first-order valence-electron chi connectivity index (χ1n) is 8.65. The van der Waals surface area contributed by atoms with E-state index in [0.717, 1.165) is 11.3 Å². The molecule has 1 heterocycles. The molecule has 2 atom stereocenters. The van der Waals surface area contributed by atoms with Crippen LogP contribution in [0.1, 0.15) is 25.7 Å². The Morgan fingerprint density at radius 3 is 2.56 bits per heavy atom. The van der Waals surface area contributed by atoms with Crippen LogP contribution in [0.4, 0.5) is 0 Å². The number of rotatable bonds is 5. The van der Waals surface area contributed by atoms with Gasteiger partial charge in [0.15, 0.2) is 0 Å². The fourth-order valence-electron chi connectivity index (χ4n) is 3.40. The van der Waals surface area contributed by atoms with Gasteiger partial charge in [0.1, 0.15) is 16.0 Å². The monoisotopic (exact) mass is 400 g/mol. The van der Waals surface area contributed by atoms with E-state index < -0.39 is 0 Å². The molecular weight excluding hydrogens is 383 g/mol. The molecular formula is C21H18Cl2N2O2. The number of hydrogen-bond donors (Lipinski definition) is 0. The van der Waals surface area contributed by atoms with E-state index in [1.54, 1.807) is 0 Å². The largest absolute Gasteiger partial charge is 0.457 e. The van der Waals surface area contributed by atoms with Crippen LogP contribution < -0.4 is 4.74 Å². The molecule has 0 saturated heterocycles. The van der Waals surface area contributed by atoms with Gasteiger partial charge >= 0.3 is 0 Å². The van der Waals surface area contributed by atoms with E-state index in [0.29, 0.717) is 17.5 Å². The molecule has 0 N–H and O–H groups in total. The van der Waals surface area contributed by atoms with Crippen LogP contribution in [0.15, 0.2) is 69.7 Å². The van der Waals surface area contributed by atoms with E-state index in [1.807, 2.05) is 60.7 Å². The van der Waals surface area contributed by atoms with E-state index >= 15 is 0 Å². The Balaban J connectivity index is 1.56. The second-order valence-corrected chi connectivity index (χ2v) is 8.19. The van der Waals surface area contributed by atoms with Gasteiger partial charge in [-0.1, -0.05) is 72.5 Å². The van der Waals surface area contributed by atoms with Crippen molar-refractivity contribution in [3.63, 3.8) is 0 Å². The van der Waals surface area contributed by atoms with Gasteiger partial charge in [0.2, 0.25) is 11.7 Å². The zero-order valence-corrected chi connectivity index (χ0v) is 16.4. The lowest BCUT2D eigenvalue weighted by atomic mass is 10.1. The SMILES string of the molecule is CC1(C)C(C=C(Cl)Cl)C1c1nc(-c2cccc(Oc3ccccc3)c2)no1. The van der Waals surface area contributed by atoms with Gasteiger partial charge in [0.05, 0.1) is 5.92 Å². The van der Waals surface area contributed by atoms with Crippen molar-refractivity contribution in [1.29, 1.82) is 0 Å². The van der Waals surface area contributed by atoms with Crippen LogP contribution >= 0.6 is 23.2 Å². The summed E-state index contributed by atoms with van der Waals surface area (Å²) in [6.45, 7) is 4.27. The average Bonchev–Trinajstić information content (AvgIpc) is 2.98. The summed E-state index contributed by atoms with van der Waals surface area (Å²) in [7, 11) is 0. The topological polar surface area (TPSA) is 48.2 Å². The highest BCUT2D eigenvalue weighted by molar-refractivity contribution is 6.55. The molecule has 2 aromatic carbocycles. The number of benzene rings is 2. The van der Waals surface area contributed by atoms with Crippen molar-refractivity contribution in [2.45, 2.75) is 19.8 Å². The van der Waals surface area contributed by atoms with E-state index in [1.165, 1.54) is 0 Å². The molecule has 27 heavy (non-hydrogen) atoms. The second kappa shape index (κ2) is 7.02. The summed E-state index contributed by atoms with van der Waals surface area (Å²) in [4.78, 5) is 4.60. The van der Waals surface area contributed by atoms with Crippen LogP contribution in [0.25, 0.3) is 11.4 Å². The van der Waals surface area contributed by atoms with E-state index in [9.17, 15) is 0 Å². The molecule has 1 aliphatic rings. The third kappa shape index (κ3) is 3.73. The van der Waals surface area contributed by atoms with Crippen molar-refractivity contribution >= 4 is 23.2 Å². The Morgan fingerprint density at radius 2 is 1.81 bits per heavy atom. The van der Waals surface area contributed by atoms with Crippen molar-refractivity contribution in [1.82, 2.24) is 10.1 Å². The smallest absolute Gasteiger partial charge is 0.231 e. The lowest BCUT2D eigenvalue weighted by Gasteiger charge is -2.05. The molecule has 1 fully saturated rings. The fraction of sp³-hybridized carbons (Fsp3) is 0.238. The molecule has 3 aromatic rings. The predicted octanol–water partition coefficient (Wildman–Crippen LogP) is 6.59. The summed E-state index contributed by atoms with van der Waals surface area (Å²) in [6.07, 6.45) is 1.84. The van der Waals surface area contributed by atoms with E-state index in [2.05, 4.69) is 24.0 Å². The molecule has 0 spiro atoms. The molecule has 0 radical (unpaired) electrons. The van der Waals surface area contributed by atoms with E-state index in [-0.39, 0.29) is 21.7 Å². The van der Waals surface area contributed by atoms with Crippen LogP contribution in [0.3, 0.4) is 0 Å². The highest BCUT2D eigenvalue weighted by atomic mass is 35.5. The molecule has 1 saturated carbocycles. The Hall–Kier alpha value is -2.30. The van der Waals surface area contributed by atoms with Crippen molar-refractivity contribution in [3.8, 4) is 22.9 Å². The number of nitrogens with zero attached hydrogens (tertiary/aromatic N) is 2. The Bertz CT molecular complexity index is 979. The van der Waals surface area contributed by atoms with Gasteiger partial charge in [0.25, 0.3) is 0 Å². The number of hydrogen-bond acceptors (Lipinski definition) is 4. The number of para-hydroxylation sites is 1. The highest BCUT2D eigenvalue weighted by Crippen LogP contribution is 2.65. The van der Waals surface area contributed by atoms with Crippen molar-refractivity contribution in [3.05, 3.63) is 71.1 Å². The van der Waals surface area contributed by atoms with Gasteiger partial charge in [-0.3, -0.25) is 0 Å². The lowest BCUT2D eigenvalue weighted by Crippen LogP contribution is -1.90. The van der Waals surface area contributed by atoms with Crippen molar-refractivity contribution in [2.75, 3.05) is 0 Å².